The zero-order chi connectivity index (χ0) is 20.2. The SMILES string of the molecule is Cc1nn(CC(=O)NC2CCN(Cc3ccccc3)CC2)c(=O)c2ccccc12. The van der Waals surface area contributed by atoms with E-state index in [0.717, 1.165) is 43.6 Å². The van der Waals surface area contributed by atoms with Crippen molar-refractivity contribution < 1.29 is 4.79 Å². The van der Waals surface area contributed by atoms with E-state index >= 15 is 0 Å². The van der Waals surface area contributed by atoms with Crippen LogP contribution in [0.25, 0.3) is 10.8 Å². The highest BCUT2D eigenvalue weighted by atomic mass is 16.2. The number of aromatic nitrogens is 2. The number of nitrogens with one attached hydrogen (secondary N) is 1. The summed E-state index contributed by atoms with van der Waals surface area (Å²) < 4.78 is 1.28. The molecule has 2 aromatic carbocycles. The van der Waals surface area contributed by atoms with Gasteiger partial charge in [-0.25, -0.2) is 4.68 Å². The number of benzene rings is 2. The van der Waals surface area contributed by atoms with Crippen molar-refractivity contribution in [3.05, 3.63) is 76.2 Å². The largest absolute Gasteiger partial charge is 0.352 e. The highest BCUT2D eigenvalue weighted by molar-refractivity contribution is 5.83. The number of carbonyl (C=O) groups is 1. The molecule has 1 aliphatic rings. The maximum absolute atomic E-state index is 12.6. The molecule has 1 amide bonds. The summed E-state index contributed by atoms with van der Waals surface area (Å²) in [6.45, 7) is 4.66. The van der Waals surface area contributed by atoms with Crippen LogP contribution in [0.4, 0.5) is 0 Å². The fraction of sp³-hybridized carbons (Fsp3) is 0.348. The number of rotatable bonds is 5. The summed E-state index contributed by atoms with van der Waals surface area (Å²) in [5.74, 6) is -0.157. The second kappa shape index (κ2) is 8.57. The van der Waals surface area contributed by atoms with Gasteiger partial charge in [-0.3, -0.25) is 14.5 Å². The van der Waals surface area contributed by atoms with E-state index in [-0.39, 0.29) is 24.1 Å². The number of hydrogen-bond donors (Lipinski definition) is 1. The van der Waals surface area contributed by atoms with Crippen molar-refractivity contribution >= 4 is 16.7 Å². The van der Waals surface area contributed by atoms with Crippen LogP contribution in [0.15, 0.2) is 59.4 Å². The number of carbonyl (C=O) groups excluding carboxylic acids is 1. The molecule has 2 heterocycles. The normalized spacial score (nSPS) is 15.5. The van der Waals surface area contributed by atoms with Gasteiger partial charge in [0.05, 0.1) is 11.1 Å². The van der Waals surface area contributed by atoms with Crippen LogP contribution >= 0.6 is 0 Å². The smallest absolute Gasteiger partial charge is 0.275 e. The van der Waals surface area contributed by atoms with Gasteiger partial charge >= 0.3 is 0 Å². The molecular weight excluding hydrogens is 364 g/mol. The van der Waals surface area contributed by atoms with E-state index in [2.05, 4.69) is 39.6 Å². The first-order valence-corrected chi connectivity index (χ1v) is 10.1. The van der Waals surface area contributed by atoms with Crippen LogP contribution in [0.5, 0.6) is 0 Å². The third-order valence-electron chi connectivity index (χ3n) is 5.55. The predicted molar refractivity (Wildman–Crippen MR) is 114 cm³/mol. The Hall–Kier alpha value is -2.99. The summed E-state index contributed by atoms with van der Waals surface area (Å²) in [6.07, 6.45) is 1.83. The molecule has 150 valence electrons. The van der Waals surface area contributed by atoms with Crippen LogP contribution in [0, 0.1) is 6.92 Å². The Kier molecular flexibility index (Phi) is 5.71. The lowest BCUT2D eigenvalue weighted by Gasteiger charge is -2.32. The Labute approximate surface area is 170 Å². The van der Waals surface area contributed by atoms with Gasteiger partial charge in [0.25, 0.3) is 5.56 Å². The average molecular weight is 390 g/mol. The third-order valence-corrected chi connectivity index (χ3v) is 5.55. The molecule has 6 nitrogen and oxygen atoms in total. The van der Waals surface area contributed by atoms with E-state index in [1.165, 1.54) is 10.2 Å². The molecule has 1 aliphatic heterocycles. The Bertz CT molecular complexity index is 1050. The van der Waals surface area contributed by atoms with Gasteiger partial charge in [-0.2, -0.15) is 5.10 Å². The molecule has 1 saturated heterocycles. The lowest BCUT2D eigenvalue weighted by atomic mass is 10.0. The second-order valence-corrected chi connectivity index (χ2v) is 7.70. The Morgan fingerprint density at radius 3 is 2.41 bits per heavy atom. The molecule has 1 fully saturated rings. The second-order valence-electron chi connectivity index (χ2n) is 7.70. The molecule has 0 atom stereocenters. The van der Waals surface area contributed by atoms with Gasteiger partial charge in [-0.15, -0.1) is 0 Å². The number of fused-ring (bicyclic) bond motifs is 1. The van der Waals surface area contributed by atoms with E-state index in [9.17, 15) is 9.59 Å². The maximum atomic E-state index is 12.6. The Morgan fingerprint density at radius 1 is 1.03 bits per heavy atom. The van der Waals surface area contributed by atoms with E-state index in [0.29, 0.717) is 5.39 Å². The number of aryl methyl sites for hydroxylation is 1. The fourth-order valence-corrected chi connectivity index (χ4v) is 4.00. The summed E-state index contributed by atoms with van der Waals surface area (Å²) in [6, 6.07) is 18.0. The standard InChI is InChI=1S/C23H26N4O2/c1-17-20-9-5-6-10-21(20)23(29)27(25-17)16-22(28)24-19-11-13-26(14-12-19)15-18-7-3-2-4-8-18/h2-10,19H,11-16H2,1H3,(H,24,28). The van der Waals surface area contributed by atoms with E-state index < -0.39 is 0 Å². The molecule has 4 rings (SSSR count). The zero-order valence-electron chi connectivity index (χ0n) is 16.7. The van der Waals surface area contributed by atoms with Gasteiger partial charge < -0.3 is 5.32 Å². The molecule has 1 N–H and O–H groups in total. The summed E-state index contributed by atoms with van der Waals surface area (Å²) in [7, 11) is 0. The molecule has 0 saturated carbocycles. The number of likely N-dealkylation sites (tertiary alicyclic amines) is 1. The molecule has 1 aromatic heterocycles. The van der Waals surface area contributed by atoms with Crippen LogP contribution in [0.1, 0.15) is 24.1 Å². The minimum atomic E-state index is -0.223. The van der Waals surface area contributed by atoms with Crippen LogP contribution < -0.4 is 10.9 Å². The molecule has 0 unspecified atom stereocenters. The van der Waals surface area contributed by atoms with Gasteiger partial charge in [0.2, 0.25) is 5.91 Å². The Balaban J connectivity index is 1.33. The van der Waals surface area contributed by atoms with Gasteiger partial charge in [0.1, 0.15) is 6.54 Å². The van der Waals surface area contributed by atoms with E-state index in [4.69, 9.17) is 0 Å². The fourth-order valence-electron chi connectivity index (χ4n) is 4.00. The van der Waals surface area contributed by atoms with Gasteiger partial charge in [-0.05, 0) is 31.4 Å². The first kappa shape index (κ1) is 19.3. The molecule has 0 spiro atoms. The monoisotopic (exact) mass is 390 g/mol. The van der Waals surface area contributed by atoms with Crippen molar-refractivity contribution in [2.75, 3.05) is 13.1 Å². The first-order chi connectivity index (χ1) is 14.1. The van der Waals surface area contributed by atoms with Crippen molar-refractivity contribution in [1.82, 2.24) is 20.0 Å². The number of piperidine rings is 1. The number of hydrogen-bond acceptors (Lipinski definition) is 4. The molecule has 29 heavy (non-hydrogen) atoms. The highest BCUT2D eigenvalue weighted by Crippen LogP contribution is 2.14. The summed E-state index contributed by atoms with van der Waals surface area (Å²) in [5.41, 5.74) is 1.84. The maximum Gasteiger partial charge on any atom is 0.275 e. The van der Waals surface area contributed by atoms with E-state index in [1.807, 2.05) is 31.2 Å². The first-order valence-electron chi connectivity index (χ1n) is 10.1. The zero-order valence-corrected chi connectivity index (χ0v) is 16.7. The van der Waals surface area contributed by atoms with Crippen LogP contribution in [-0.2, 0) is 17.9 Å². The van der Waals surface area contributed by atoms with Crippen molar-refractivity contribution in [2.24, 2.45) is 0 Å². The quantitative estimate of drug-likeness (QED) is 0.727. The highest BCUT2D eigenvalue weighted by Gasteiger charge is 2.21. The molecule has 0 aliphatic carbocycles. The van der Waals surface area contributed by atoms with Crippen LogP contribution in [0.2, 0.25) is 0 Å². The predicted octanol–water partition coefficient (Wildman–Crippen LogP) is 2.49. The Morgan fingerprint density at radius 2 is 1.69 bits per heavy atom. The number of nitrogens with zero attached hydrogens (tertiary/aromatic N) is 3. The number of amides is 1. The van der Waals surface area contributed by atoms with E-state index in [1.54, 1.807) is 6.07 Å². The minimum absolute atomic E-state index is 0.0469. The van der Waals surface area contributed by atoms with Gasteiger partial charge in [0.15, 0.2) is 0 Å². The van der Waals surface area contributed by atoms with Gasteiger partial charge in [-0.1, -0.05) is 48.5 Å². The van der Waals surface area contributed by atoms with Crippen molar-refractivity contribution in [1.29, 1.82) is 0 Å². The van der Waals surface area contributed by atoms with Crippen molar-refractivity contribution in [3.8, 4) is 0 Å². The molecule has 3 aromatic rings. The van der Waals surface area contributed by atoms with Gasteiger partial charge in [0, 0.05) is 31.1 Å². The summed E-state index contributed by atoms with van der Waals surface area (Å²) in [5, 5.41) is 8.84. The minimum Gasteiger partial charge on any atom is -0.352 e. The van der Waals surface area contributed by atoms with Crippen molar-refractivity contribution in [2.45, 2.75) is 38.9 Å². The third kappa shape index (κ3) is 4.54. The molecule has 6 heteroatoms. The summed E-state index contributed by atoms with van der Waals surface area (Å²) in [4.78, 5) is 27.6. The molecular formula is C23H26N4O2. The average Bonchev–Trinajstić information content (AvgIpc) is 2.74. The molecule has 0 radical (unpaired) electrons. The lowest BCUT2D eigenvalue weighted by molar-refractivity contribution is -0.122. The van der Waals surface area contributed by atoms with Crippen LogP contribution in [0.3, 0.4) is 0 Å². The lowest BCUT2D eigenvalue weighted by Crippen LogP contribution is -2.46. The van der Waals surface area contributed by atoms with Crippen molar-refractivity contribution in [3.63, 3.8) is 0 Å². The van der Waals surface area contributed by atoms with Crippen LogP contribution in [-0.4, -0.2) is 39.7 Å². The topological polar surface area (TPSA) is 67.2 Å². The molecule has 0 bridgehead atoms. The summed E-state index contributed by atoms with van der Waals surface area (Å²) >= 11 is 0.